The van der Waals surface area contributed by atoms with E-state index in [2.05, 4.69) is 24.1 Å². The number of pyridine rings is 1. The van der Waals surface area contributed by atoms with Crippen molar-refractivity contribution >= 4 is 11.8 Å². The molecule has 0 radical (unpaired) electrons. The van der Waals surface area contributed by atoms with Crippen LogP contribution in [0.25, 0.3) is 0 Å². The summed E-state index contributed by atoms with van der Waals surface area (Å²) in [7, 11) is 0. The second kappa shape index (κ2) is 7.52. The standard InChI is InChI=1S/C16H18F2N2S/c1-11(2)8-19-9-12-3-6-16(20-10-12)21-13-4-5-14(17)15(18)7-13/h3-7,10-11,19H,8-9H2,1-2H3. The Labute approximate surface area is 128 Å². The van der Waals surface area contributed by atoms with Crippen LogP contribution in [0.1, 0.15) is 19.4 Å². The van der Waals surface area contributed by atoms with Crippen molar-refractivity contribution in [3.63, 3.8) is 0 Å². The van der Waals surface area contributed by atoms with E-state index in [9.17, 15) is 8.78 Å². The molecule has 0 saturated carbocycles. The maximum atomic E-state index is 13.1. The SMILES string of the molecule is CC(C)CNCc1ccc(Sc2ccc(F)c(F)c2)nc1. The Morgan fingerprint density at radius 3 is 2.57 bits per heavy atom. The number of halogens is 2. The Morgan fingerprint density at radius 1 is 1.14 bits per heavy atom. The molecule has 0 atom stereocenters. The highest BCUT2D eigenvalue weighted by molar-refractivity contribution is 7.99. The van der Waals surface area contributed by atoms with E-state index in [0.29, 0.717) is 10.8 Å². The van der Waals surface area contributed by atoms with Crippen molar-refractivity contribution in [1.82, 2.24) is 10.3 Å². The molecule has 2 nitrogen and oxygen atoms in total. The molecule has 21 heavy (non-hydrogen) atoms. The predicted octanol–water partition coefficient (Wildman–Crippen LogP) is 4.26. The molecule has 0 aliphatic carbocycles. The quantitative estimate of drug-likeness (QED) is 0.863. The Kier molecular flexibility index (Phi) is 5.70. The summed E-state index contributed by atoms with van der Waals surface area (Å²) in [6, 6.07) is 7.73. The predicted molar refractivity (Wildman–Crippen MR) is 81.3 cm³/mol. The van der Waals surface area contributed by atoms with Gasteiger partial charge in [-0.15, -0.1) is 0 Å². The van der Waals surface area contributed by atoms with Crippen molar-refractivity contribution in [2.24, 2.45) is 5.92 Å². The van der Waals surface area contributed by atoms with Crippen LogP contribution in [0.3, 0.4) is 0 Å². The molecule has 2 aromatic rings. The van der Waals surface area contributed by atoms with Crippen LogP contribution in [0.15, 0.2) is 46.5 Å². The molecule has 0 fully saturated rings. The van der Waals surface area contributed by atoms with Crippen LogP contribution >= 0.6 is 11.8 Å². The average molecular weight is 308 g/mol. The van der Waals surface area contributed by atoms with Gasteiger partial charge in [0.05, 0.1) is 0 Å². The Morgan fingerprint density at radius 2 is 1.95 bits per heavy atom. The molecule has 0 unspecified atom stereocenters. The topological polar surface area (TPSA) is 24.9 Å². The van der Waals surface area contributed by atoms with E-state index >= 15 is 0 Å². The van der Waals surface area contributed by atoms with Gasteiger partial charge in [-0.3, -0.25) is 0 Å². The van der Waals surface area contributed by atoms with E-state index in [-0.39, 0.29) is 0 Å². The first-order valence-corrected chi connectivity index (χ1v) is 7.65. The fraction of sp³-hybridized carbons (Fsp3) is 0.312. The highest BCUT2D eigenvalue weighted by Crippen LogP contribution is 2.27. The molecule has 1 heterocycles. The Hall–Kier alpha value is -1.46. The summed E-state index contributed by atoms with van der Waals surface area (Å²) >= 11 is 1.31. The number of benzene rings is 1. The normalized spacial score (nSPS) is 11.1. The van der Waals surface area contributed by atoms with Gasteiger partial charge in [0.25, 0.3) is 0 Å². The van der Waals surface area contributed by atoms with Crippen molar-refractivity contribution in [3.8, 4) is 0 Å². The van der Waals surface area contributed by atoms with Gasteiger partial charge in [0, 0.05) is 17.6 Å². The molecule has 0 aliphatic heterocycles. The smallest absolute Gasteiger partial charge is 0.159 e. The Balaban J connectivity index is 1.94. The van der Waals surface area contributed by atoms with E-state index in [1.165, 1.54) is 17.8 Å². The molecule has 1 aromatic carbocycles. The van der Waals surface area contributed by atoms with E-state index < -0.39 is 11.6 Å². The number of rotatable bonds is 6. The monoisotopic (exact) mass is 308 g/mol. The van der Waals surface area contributed by atoms with E-state index in [0.717, 1.165) is 29.7 Å². The largest absolute Gasteiger partial charge is 0.312 e. The van der Waals surface area contributed by atoms with Crippen LogP contribution in [0.5, 0.6) is 0 Å². The summed E-state index contributed by atoms with van der Waals surface area (Å²) in [6.45, 7) is 6.06. The number of nitrogens with one attached hydrogen (secondary N) is 1. The van der Waals surface area contributed by atoms with Gasteiger partial charge in [-0.25, -0.2) is 13.8 Å². The third-order valence-corrected chi connectivity index (χ3v) is 3.73. The summed E-state index contributed by atoms with van der Waals surface area (Å²) in [6.07, 6.45) is 1.80. The number of nitrogens with zero attached hydrogens (tertiary/aromatic N) is 1. The maximum absolute atomic E-state index is 13.1. The third kappa shape index (κ3) is 5.10. The molecule has 0 saturated heterocycles. The van der Waals surface area contributed by atoms with Gasteiger partial charge < -0.3 is 5.32 Å². The molecule has 5 heteroatoms. The minimum atomic E-state index is -0.838. The molecular formula is C16H18F2N2S. The van der Waals surface area contributed by atoms with Crippen LogP contribution in [0.2, 0.25) is 0 Å². The lowest BCUT2D eigenvalue weighted by Gasteiger charge is -2.07. The Bertz CT molecular complexity index is 585. The minimum Gasteiger partial charge on any atom is -0.312 e. The summed E-state index contributed by atoms with van der Waals surface area (Å²) in [5.41, 5.74) is 1.10. The molecule has 0 spiro atoms. The fourth-order valence-corrected chi connectivity index (χ4v) is 2.52. The average Bonchev–Trinajstić information content (AvgIpc) is 2.44. The van der Waals surface area contributed by atoms with Crippen molar-refractivity contribution in [2.45, 2.75) is 30.3 Å². The third-order valence-electron chi connectivity index (χ3n) is 2.79. The van der Waals surface area contributed by atoms with Crippen molar-refractivity contribution in [1.29, 1.82) is 0 Å². The van der Waals surface area contributed by atoms with Crippen LogP contribution in [-0.4, -0.2) is 11.5 Å². The molecule has 0 amide bonds. The lowest BCUT2D eigenvalue weighted by atomic mass is 10.2. The molecule has 112 valence electrons. The zero-order valence-corrected chi connectivity index (χ0v) is 12.9. The van der Waals surface area contributed by atoms with Gasteiger partial charge >= 0.3 is 0 Å². The van der Waals surface area contributed by atoms with Gasteiger partial charge in [0.15, 0.2) is 11.6 Å². The number of hydrogen-bond donors (Lipinski definition) is 1. The highest BCUT2D eigenvalue weighted by Gasteiger charge is 2.05. The number of hydrogen-bond acceptors (Lipinski definition) is 3. The van der Waals surface area contributed by atoms with Crippen LogP contribution in [-0.2, 0) is 6.54 Å². The van der Waals surface area contributed by atoms with E-state index in [1.54, 1.807) is 12.3 Å². The first kappa shape index (κ1) is 15.9. The summed E-state index contributed by atoms with van der Waals surface area (Å²) in [5.74, 6) is -1.06. The molecule has 0 aliphatic rings. The highest BCUT2D eigenvalue weighted by atomic mass is 32.2. The van der Waals surface area contributed by atoms with Crippen LogP contribution in [0.4, 0.5) is 8.78 Å². The fourth-order valence-electron chi connectivity index (χ4n) is 1.74. The first-order valence-electron chi connectivity index (χ1n) is 6.83. The van der Waals surface area contributed by atoms with Crippen molar-refractivity contribution < 1.29 is 8.78 Å². The van der Waals surface area contributed by atoms with Crippen LogP contribution < -0.4 is 5.32 Å². The molecule has 0 bridgehead atoms. The van der Waals surface area contributed by atoms with Gasteiger partial charge in [-0.1, -0.05) is 31.7 Å². The van der Waals surface area contributed by atoms with Gasteiger partial charge in [-0.05, 0) is 42.3 Å². The van der Waals surface area contributed by atoms with Gasteiger partial charge in [0.2, 0.25) is 0 Å². The maximum Gasteiger partial charge on any atom is 0.159 e. The lowest BCUT2D eigenvalue weighted by Crippen LogP contribution is -2.18. The van der Waals surface area contributed by atoms with Crippen molar-refractivity contribution in [2.75, 3.05) is 6.54 Å². The summed E-state index contributed by atoms with van der Waals surface area (Å²) in [5, 5.41) is 4.10. The summed E-state index contributed by atoms with van der Waals surface area (Å²) in [4.78, 5) is 4.96. The van der Waals surface area contributed by atoms with Crippen LogP contribution in [0, 0.1) is 17.6 Å². The van der Waals surface area contributed by atoms with Crippen molar-refractivity contribution in [3.05, 3.63) is 53.7 Å². The minimum absolute atomic E-state index is 0.612. The zero-order chi connectivity index (χ0) is 15.2. The van der Waals surface area contributed by atoms with Gasteiger partial charge in [0.1, 0.15) is 5.03 Å². The lowest BCUT2D eigenvalue weighted by molar-refractivity contribution is 0.506. The first-order chi connectivity index (χ1) is 10.0. The molecule has 2 rings (SSSR count). The molecule has 1 N–H and O–H groups in total. The second-order valence-corrected chi connectivity index (χ2v) is 6.30. The number of aromatic nitrogens is 1. The second-order valence-electron chi connectivity index (χ2n) is 5.21. The molecule has 1 aromatic heterocycles. The molecular weight excluding hydrogens is 290 g/mol. The van der Waals surface area contributed by atoms with E-state index in [1.807, 2.05) is 12.1 Å². The van der Waals surface area contributed by atoms with E-state index in [4.69, 9.17) is 0 Å². The van der Waals surface area contributed by atoms with Gasteiger partial charge in [-0.2, -0.15) is 0 Å². The zero-order valence-electron chi connectivity index (χ0n) is 12.1. The summed E-state index contributed by atoms with van der Waals surface area (Å²) < 4.78 is 26.0.